The van der Waals surface area contributed by atoms with E-state index in [1.807, 2.05) is 6.07 Å². The Morgan fingerprint density at radius 1 is 1.26 bits per heavy atom. The van der Waals surface area contributed by atoms with Crippen LogP contribution in [0.4, 0.5) is 5.69 Å². The first-order valence-corrected chi connectivity index (χ1v) is 7.70. The van der Waals surface area contributed by atoms with Crippen molar-refractivity contribution in [2.75, 3.05) is 26.5 Å². The maximum absolute atomic E-state index is 12.2. The standard InChI is InChI=1S/C13H20N2O3S/c1-15(2)19(16,17)13-7-5-4-6-12(13)14-10-8-11(9-10)18-3/h4-7,10-11,14H,8-9H2,1-3H3. The molecule has 0 spiro atoms. The van der Waals surface area contributed by atoms with E-state index in [4.69, 9.17) is 4.74 Å². The molecule has 5 nitrogen and oxygen atoms in total. The van der Waals surface area contributed by atoms with E-state index in [0.29, 0.717) is 10.6 Å². The number of hydrogen-bond acceptors (Lipinski definition) is 4. The lowest BCUT2D eigenvalue weighted by atomic mass is 9.89. The van der Waals surface area contributed by atoms with Crippen molar-refractivity contribution in [1.82, 2.24) is 4.31 Å². The number of sulfonamides is 1. The second kappa shape index (κ2) is 5.48. The summed E-state index contributed by atoms with van der Waals surface area (Å²) in [5, 5.41) is 3.29. The van der Waals surface area contributed by atoms with Gasteiger partial charge in [0, 0.05) is 27.2 Å². The minimum Gasteiger partial charge on any atom is -0.381 e. The number of nitrogens with one attached hydrogen (secondary N) is 1. The fraction of sp³-hybridized carbons (Fsp3) is 0.538. The zero-order valence-corrected chi connectivity index (χ0v) is 12.3. The van der Waals surface area contributed by atoms with Crippen molar-refractivity contribution in [3.8, 4) is 0 Å². The maximum Gasteiger partial charge on any atom is 0.244 e. The number of benzene rings is 1. The fourth-order valence-corrected chi connectivity index (χ4v) is 3.15. The van der Waals surface area contributed by atoms with Crippen molar-refractivity contribution < 1.29 is 13.2 Å². The number of nitrogens with zero attached hydrogens (tertiary/aromatic N) is 1. The molecule has 0 atom stereocenters. The molecule has 0 saturated heterocycles. The first-order valence-electron chi connectivity index (χ1n) is 6.26. The third-order valence-corrected chi connectivity index (χ3v) is 5.31. The second-order valence-corrected chi connectivity index (χ2v) is 7.07. The number of rotatable bonds is 5. The molecule has 0 unspecified atom stereocenters. The van der Waals surface area contributed by atoms with Crippen LogP contribution in [0.2, 0.25) is 0 Å². The largest absolute Gasteiger partial charge is 0.381 e. The Labute approximate surface area is 114 Å². The van der Waals surface area contributed by atoms with Gasteiger partial charge in [0.25, 0.3) is 0 Å². The molecule has 1 aliphatic carbocycles. The molecule has 19 heavy (non-hydrogen) atoms. The van der Waals surface area contributed by atoms with Crippen molar-refractivity contribution in [2.45, 2.75) is 29.9 Å². The molecule has 1 saturated carbocycles. The quantitative estimate of drug-likeness (QED) is 0.891. The van der Waals surface area contributed by atoms with E-state index in [0.717, 1.165) is 12.8 Å². The van der Waals surface area contributed by atoms with Crippen LogP contribution in [0.15, 0.2) is 29.2 Å². The Morgan fingerprint density at radius 3 is 2.47 bits per heavy atom. The van der Waals surface area contributed by atoms with Gasteiger partial charge in [-0.3, -0.25) is 0 Å². The molecule has 6 heteroatoms. The summed E-state index contributed by atoms with van der Waals surface area (Å²) < 4.78 is 30.9. The van der Waals surface area contributed by atoms with Crippen LogP contribution < -0.4 is 5.32 Å². The summed E-state index contributed by atoms with van der Waals surface area (Å²) in [5.41, 5.74) is 0.663. The van der Waals surface area contributed by atoms with Gasteiger partial charge in [-0.2, -0.15) is 0 Å². The summed E-state index contributed by atoms with van der Waals surface area (Å²) in [7, 11) is 1.36. The van der Waals surface area contributed by atoms with E-state index >= 15 is 0 Å². The molecule has 1 aromatic carbocycles. The van der Waals surface area contributed by atoms with Gasteiger partial charge in [0.15, 0.2) is 0 Å². The molecule has 0 aromatic heterocycles. The number of anilines is 1. The highest BCUT2D eigenvalue weighted by molar-refractivity contribution is 7.89. The summed E-state index contributed by atoms with van der Waals surface area (Å²) >= 11 is 0. The van der Waals surface area contributed by atoms with E-state index in [9.17, 15) is 8.42 Å². The van der Waals surface area contributed by atoms with Crippen molar-refractivity contribution in [1.29, 1.82) is 0 Å². The number of methoxy groups -OCH3 is 1. The van der Waals surface area contributed by atoms with E-state index in [2.05, 4.69) is 5.32 Å². The third kappa shape index (κ3) is 2.91. The van der Waals surface area contributed by atoms with Crippen LogP contribution in [0.5, 0.6) is 0 Å². The lowest BCUT2D eigenvalue weighted by molar-refractivity contribution is 0.0328. The summed E-state index contributed by atoms with van der Waals surface area (Å²) in [4.78, 5) is 0.320. The van der Waals surface area contributed by atoms with Crippen LogP contribution >= 0.6 is 0 Å². The molecule has 1 aliphatic rings. The van der Waals surface area contributed by atoms with Crippen LogP contribution in [0.3, 0.4) is 0 Å². The van der Waals surface area contributed by atoms with Gasteiger partial charge in [-0.05, 0) is 25.0 Å². The highest BCUT2D eigenvalue weighted by Crippen LogP contribution is 2.30. The normalized spacial score (nSPS) is 23.2. The first-order chi connectivity index (χ1) is 8.95. The molecule has 1 fully saturated rings. The predicted octanol–water partition coefficient (Wildman–Crippen LogP) is 1.53. The minimum atomic E-state index is -3.42. The molecule has 2 rings (SSSR count). The molecule has 0 aliphatic heterocycles. The summed E-state index contributed by atoms with van der Waals surface area (Å²) in [6, 6.07) is 7.29. The Morgan fingerprint density at radius 2 is 1.89 bits per heavy atom. The molecular weight excluding hydrogens is 264 g/mol. The summed E-state index contributed by atoms with van der Waals surface area (Å²) in [5.74, 6) is 0. The van der Waals surface area contributed by atoms with Gasteiger partial charge >= 0.3 is 0 Å². The van der Waals surface area contributed by atoms with Gasteiger partial charge in [-0.25, -0.2) is 12.7 Å². The van der Waals surface area contributed by atoms with Gasteiger partial charge in [0.1, 0.15) is 4.90 Å². The van der Waals surface area contributed by atoms with E-state index < -0.39 is 10.0 Å². The molecule has 1 aromatic rings. The van der Waals surface area contributed by atoms with Gasteiger partial charge < -0.3 is 10.1 Å². The molecule has 0 bridgehead atoms. The molecule has 0 amide bonds. The smallest absolute Gasteiger partial charge is 0.244 e. The number of para-hydroxylation sites is 1. The highest BCUT2D eigenvalue weighted by atomic mass is 32.2. The lowest BCUT2D eigenvalue weighted by Gasteiger charge is -2.35. The van der Waals surface area contributed by atoms with Crippen molar-refractivity contribution in [3.05, 3.63) is 24.3 Å². The zero-order chi connectivity index (χ0) is 14.0. The molecule has 0 radical (unpaired) electrons. The third-order valence-electron chi connectivity index (χ3n) is 3.43. The van der Waals surface area contributed by atoms with Crippen molar-refractivity contribution >= 4 is 15.7 Å². The maximum atomic E-state index is 12.2. The van der Waals surface area contributed by atoms with Crippen LogP contribution in [-0.4, -0.2) is 46.1 Å². The second-order valence-electron chi connectivity index (χ2n) is 4.95. The Balaban J connectivity index is 2.18. The fourth-order valence-electron chi connectivity index (χ4n) is 2.10. The molecule has 0 heterocycles. The highest BCUT2D eigenvalue weighted by Gasteiger charge is 2.30. The molecule has 1 N–H and O–H groups in total. The lowest BCUT2D eigenvalue weighted by Crippen LogP contribution is -2.40. The molecule has 106 valence electrons. The van der Waals surface area contributed by atoms with Crippen LogP contribution in [0.25, 0.3) is 0 Å². The van der Waals surface area contributed by atoms with Crippen LogP contribution in [0.1, 0.15) is 12.8 Å². The molecular formula is C13H20N2O3S. The van der Waals surface area contributed by atoms with E-state index in [1.165, 1.54) is 18.4 Å². The Bertz CT molecular complexity index is 537. The van der Waals surface area contributed by atoms with Gasteiger partial charge in [0.2, 0.25) is 10.0 Å². The first kappa shape index (κ1) is 14.3. The van der Waals surface area contributed by atoms with E-state index in [1.54, 1.807) is 25.3 Å². The number of ether oxygens (including phenoxy) is 1. The zero-order valence-electron chi connectivity index (χ0n) is 11.5. The summed E-state index contributed by atoms with van der Waals surface area (Å²) in [6.45, 7) is 0. The van der Waals surface area contributed by atoms with Gasteiger partial charge in [-0.15, -0.1) is 0 Å². The Kier molecular flexibility index (Phi) is 4.13. The van der Waals surface area contributed by atoms with Crippen molar-refractivity contribution in [2.24, 2.45) is 0 Å². The van der Waals surface area contributed by atoms with Gasteiger partial charge in [0.05, 0.1) is 11.8 Å². The minimum absolute atomic E-state index is 0.281. The van der Waals surface area contributed by atoms with E-state index in [-0.39, 0.29) is 12.1 Å². The predicted molar refractivity (Wildman–Crippen MR) is 74.8 cm³/mol. The summed E-state index contributed by atoms with van der Waals surface area (Å²) in [6.07, 6.45) is 2.11. The monoisotopic (exact) mass is 284 g/mol. The average Bonchev–Trinajstić information content (AvgIpc) is 2.33. The van der Waals surface area contributed by atoms with Gasteiger partial charge in [-0.1, -0.05) is 12.1 Å². The van der Waals surface area contributed by atoms with Crippen LogP contribution in [0, 0.1) is 0 Å². The average molecular weight is 284 g/mol. The number of hydrogen-bond donors (Lipinski definition) is 1. The topological polar surface area (TPSA) is 58.6 Å². The van der Waals surface area contributed by atoms with Crippen LogP contribution in [-0.2, 0) is 14.8 Å². The SMILES string of the molecule is COC1CC(Nc2ccccc2S(=O)(=O)N(C)C)C1. The van der Waals surface area contributed by atoms with Crippen molar-refractivity contribution in [3.63, 3.8) is 0 Å². The Hall–Kier alpha value is -1.11.